The summed E-state index contributed by atoms with van der Waals surface area (Å²) in [6, 6.07) is 13.2. The first-order valence-corrected chi connectivity index (χ1v) is 6.47. The molecule has 0 fully saturated rings. The highest BCUT2D eigenvalue weighted by Gasteiger charge is 2.21. The Balaban J connectivity index is 2.10. The van der Waals surface area contributed by atoms with Crippen molar-refractivity contribution < 1.29 is 9.59 Å². The van der Waals surface area contributed by atoms with Crippen LogP contribution in [0.4, 0.5) is 0 Å². The maximum absolute atomic E-state index is 12.0. The van der Waals surface area contributed by atoms with Crippen LogP contribution in [0.2, 0.25) is 0 Å². The lowest BCUT2D eigenvalue weighted by molar-refractivity contribution is -0.129. The zero-order valence-electron chi connectivity index (χ0n) is 11.9. The molecule has 0 aromatic heterocycles. The number of hydrogen-bond donors (Lipinski definition) is 2. The predicted molar refractivity (Wildman–Crippen MR) is 79.0 cm³/mol. The highest BCUT2D eigenvalue weighted by molar-refractivity contribution is 5.99. The largest absolute Gasteiger partial charge is 0.273 e. The summed E-state index contributed by atoms with van der Waals surface area (Å²) < 4.78 is 0. The van der Waals surface area contributed by atoms with Crippen LogP contribution in [-0.2, 0) is 4.79 Å². The van der Waals surface area contributed by atoms with Crippen LogP contribution < -0.4 is 10.9 Å². The van der Waals surface area contributed by atoms with Gasteiger partial charge in [-0.2, -0.15) is 0 Å². The summed E-state index contributed by atoms with van der Waals surface area (Å²) in [7, 11) is 0. The second kappa shape index (κ2) is 5.33. The Bertz CT molecular complexity index is 657. The fraction of sp³-hybridized carbons (Fsp3) is 0.250. The Morgan fingerprint density at radius 3 is 2.20 bits per heavy atom. The van der Waals surface area contributed by atoms with E-state index in [0.29, 0.717) is 5.56 Å². The van der Waals surface area contributed by atoms with E-state index in [9.17, 15) is 9.59 Å². The third-order valence-corrected chi connectivity index (χ3v) is 2.98. The molecule has 0 bridgehead atoms. The molecule has 0 saturated carbocycles. The van der Waals surface area contributed by atoms with Crippen molar-refractivity contribution in [1.29, 1.82) is 0 Å². The molecule has 0 unspecified atom stereocenters. The van der Waals surface area contributed by atoms with Gasteiger partial charge in [0.1, 0.15) is 0 Å². The quantitative estimate of drug-likeness (QED) is 0.783. The molecule has 2 N–H and O–H groups in total. The number of carbonyl (C=O) groups is 2. The van der Waals surface area contributed by atoms with Gasteiger partial charge in [0, 0.05) is 11.0 Å². The zero-order chi connectivity index (χ0) is 14.8. The van der Waals surface area contributed by atoms with E-state index in [2.05, 4.69) is 10.9 Å². The molecule has 0 atom stereocenters. The van der Waals surface area contributed by atoms with E-state index in [1.54, 1.807) is 32.9 Å². The number of amides is 2. The van der Waals surface area contributed by atoms with E-state index in [0.717, 1.165) is 10.8 Å². The number of hydrogen-bond acceptors (Lipinski definition) is 2. The number of carbonyl (C=O) groups excluding carboxylic acids is 2. The molecule has 104 valence electrons. The first-order valence-electron chi connectivity index (χ1n) is 6.47. The first kappa shape index (κ1) is 14.1. The molecule has 4 heteroatoms. The average molecular weight is 270 g/mol. The second-order valence-electron chi connectivity index (χ2n) is 5.72. The van der Waals surface area contributed by atoms with Gasteiger partial charge in [-0.05, 0) is 22.9 Å². The van der Waals surface area contributed by atoms with Crippen molar-refractivity contribution in [2.75, 3.05) is 0 Å². The van der Waals surface area contributed by atoms with Crippen LogP contribution in [0.5, 0.6) is 0 Å². The van der Waals surface area contributed by atoms with Crippen molar-refractivity contribution >= 4 is 22.6 Å². The number of nitrogens with one attached hydrogen (secondary N) is 2. The van der Waals surface area contributed by atoms with E-state index in [-0.39, 0.29) is 11.8 Å². The van der Waals surface area contributed by atoms with Crippen molar-refractivity contribution in [2.24, 2.45) is 5.41 Å². The van der Waals surface area contributed by atoms with E-state index in [1.807, 2.05) is 30.3 Å². The average Bonchev–Trinajstić information content (AvgIpc) is 2.42. The number of fused-ring (bicyclic) bond motifs is 1. The summed E-state index contributed by atoms with van der Waals surface area (Å²) in [6.07, 6.45) is 0. The first-order chi connectivity index (χ1) is 9.38. The summed E-state index contributed by atoms with van der Waals surface area (Å²) in [5, 5.41) is 2.06. The van der Waals surface area contributed by atoms with Crippen LogP contribution in [0.25, 0.3) is 10.8 Å². The van der Waals surface area contributed by atoms with Crippen LogP contribution in [-0.4, -0.2) is 11.8 Å². The van der Waals surface area contributed by atoms with Crippen LogP contribution in [0.3, 0.4) is 0 Å². The smallest absolute Gasteiger partial charge is 0.269 e. The highest BCUT2D eigenvalue weighted by Crippen LogP contribution is 2.15. The molecule has 0 heterocycles. The molecule has 0 aliphatic rings. The van der Waals surface area contributed by atoms with E-state index < -0.39 is 5.41 Å². The third kappa shape index (κ3) is 3.15. The number of rotatable bonds is 1. The fourth-order valence-corrected chi connectivity index (χ4v) is 1.70. The van der Waals surface area contributed by atoms with Gasteiger partial charge in [0.2, 0.25) is 5.91 Å². The van der Waals surface area contributed by atoms with Crippen molar-refractivity contribution in [3.8, 4) is 0 Å². The van der Waals surface area contributed by atoms with Crippen LogP contribution >= 0.6 is 0 Å². The predicted octanol–water partition coefficient (Wildman–Crippen LogP) is 2.65. The minimum atomic E-state index is -0.545. The SMILES string of the molecule is CC(C)(C)C(=O)NNC(=O)c1ccc2ccccc2c1. The van der Waals surface area contributed by atoms with Crippen LogP contribution in [0.1, 0.15) is 31.1 Å². The molecule has 0 aliphatic heterocycles. The molecular formula is C16H18N2O2. The summed E-state index contributed by atoms with van der Waals surface area (Å²) in [5.41, 5.74) is 4.83. The molecule has 20 heavy (non-hydrogen) atoms. The van der Waals surface area contributed by atoms with Crippen molar-refractivity contribution in [1.82, 2.24) is 10.9 Å². The van der Waals surface area contributed by atoms with Gasteiger partial charge in [-0.15, -0.1) is 0 Å². The van der Waals surface area contributed by atoms with Crippen molar-refractivity contribution in [3.63, 3.8) is 0 Å². The fourth-order valence-electron chi connectivity index (χ4n) is 1.70. The molecule has 2 aromatic rings. The van der Waals surface area contributed by atoms with Gasteiger partial charge in [-0.3, -0.25) is 20.4 Å². The highest BCUT2D eigenvalue weighted by atomic mass is 16.2. The van der Waals surface area contributed by atoms with Gasteiger partial charge in [0.15, 0.2) is 0 Å². The molecule has 0 radical (unpaired) electrons. The summed E-state index contributed by atoms with van der Waals surface area (Å²) in [6.45, 7) is 5.35. The standard InChI is InChI=1S/C16H18N2O2/c1-16(2,3)15(20)18-17-14(19)13-9-8-11-6-4-5-7-12(11)10-13/h4-10H,1-3H3,(H,17,19)(H,18,20). The molecule has 4 nitrogen and oxygen atoms in total. The van der Waals surface area contributed by atoms with Gasteiger partial charge in [-0.25, -0.2) is 0 Å². The molecular weight excluding hydrogens is 252 g/mol. The Kier molecular flexibility index (Phi) is 3.74. The van der Waals surface area contributed by atoms with Gasteiger partial charge < -0.3 is 0 Å². The monoisotopic (exact) mass is 270 g/mol. The number of benzene rings is 2. The molecule has 2 amide bonds. The van der Waals surface area contributed by atoms with Crippen LogP contribution in [0, 0.1) is 5.41 Å². The van der Waals surface area contributed by atoms with E-state index in [4.69, 9.17) is 0 Å². The van der Waals surface area contributed by atoms with Gasteiger partial charge in [0.25, 0.3) is 5.91 Å². The molecule has 2 rings (SSSR count). The summed E-state index contributed by atoms with van der Waals surface area (Å²) in [4.78, 5) is 23.7. The summed E-state index contributed by atoms with van der Waals surface area (Å²) in [5.74, 6) is -0.556. The minimum absolute atomic E-state index is 0.230. The van der Waals surface area contributed by atoms with E-state index >= 15 is 0 Å². The maximum Gasteiger partial charge on any atom is 0.269 e. The van der Waals surface area contributed by atoms with Gasteiger partial charge in [-0.1, -0.05) is 51.1 Å². The van der Waals surface area contributed by atoms with E-state index in [1.165, 1.54) is 0 Å². The van der Waals surface area contributed by atoms with Gasteiger partial charge in [0.05, 0.1) is 0 Å². The molecule has 0 saturated heterocycles. The van der Waals surface area contributed by atoms with Gasteiger partial charge >= 0.3 is 0 Å². The lowest BCUT2D eigenvalue weighted by Crippen LogP contribution is -2.46. The molecule has 2 aromatic carbocycles. The van der Waals surface area contributed by atoms with Crippen molar-refractivity contribution in [2.45, 2.75) is 20.8 Å². The maximum atomic E-state index is 12.0. The third-order valence-electron chi connectivity index (χ3n) is 2.98. The molecule has 0 spiro atoms. The van der Waals surface area contributed by atoms with Crippen LogP contribution in [0.15, 0.2) is 42.5 Å². The Labute approximate surface area is 118 Å². The summed E-state index contributed by atoms with van der Waals surface area (Å²) >= 11 is 0. The Hall–Kier alpha value is -2.36. The zero-order valence-corrected chi connectivity index (χ0v) is 11.9. The minimum Gasteiger partial charge on any atom is -0.273 e. The topological polar surface area (TPSA) is 58.2 Å². The number of hydrazine groups is 1. The lowest BCUT2D eigenvalue weighted by Gasteiger charge is -2.17. The normalized spacial score (nSPS) is 11.2. The lowest BCUT2D eigenvalue weighted by atomic mass is 9.96. The molecule has 0 aliphatic carbocycles. The Morgan fingerprint density at radius 2 is 1.55 bits per heavy atom. The van der Waals surface area contributed by atoms with Crippen molar-refractivity contribution in [3.05, 3.63) is 48.0 Å². The Morgan fingerprint density at radius 1 is 0.900 bits per heavy atom. The second-order valence-corrected chi connectivity index (χ2v) is 5.72.